The van der Waals surface area contributed by atoms with Crippen LogP contribution in [0.4, 0.5) is 0 Å². The number of nitrogens with zero attached hydrogens (tertiary/aromatic N) is 3. The van der Waals surface area contributed by atoms with Gasteiger partial charge in [0, 0.05) is 5.92 Å². The Morgan fingerprint density at radius 3 is 2.86 bits per heavy atom. The summed E-state index contributed by atoms with van der Waals surface area (Å²) in [7, 11) is 0. The van der Waals surface area contributed by atoms with E-state index in [-0.39, 0.29) is 11.4 Å². The number of carbonyl (C=O) groups is 1. The van der Waals surface area contributed by atoms with Crippen LogP contribution < -0.4 is 0 Å². The highest BCUT2D eigenvalue weighted by molar-refractivity contribution is 8.27. The molecule has 1 amide bonds. The van der Waals surface area contributed by atoms with Gasteiger partial charge in [-0.3, -0.25) is 10.2 Å². The highest BCUT2D eigenvalue weighted by atomic mass is 32.2. The number of amidine groups is 2. The van der Waals surface area contributed by atoms with Crippen LogP contribution in [0, 0.1) is 11.3 Å². The van der Waals surface area contributed by atoms with Crippen LogP contribution in [-0.2, 0) is 4.79 Å². The molecule has 0 aliphatic carbocycles. The molecule has 1 N–H and O–H groups in total. The van der Waals surface area contributed by atoms with Gasteiger partial charge in [-0.15, -0.1) is 0 Å². The van der Waals surface area contributed by atoms with E-state index in [0.29, 0.717) is 16.8 Å². The van der Waals surface area contributed by atoms with Crippen molar-refractivity contribution in [1.29, 1.82) is 5.41 Å². The van der Waals surface area contributed by atoms with Gasteiger partial charge in [0.25, 0.3) is 5.91 Å². The maximum absolute atomic E-state index is 12.2. The molecule has 0 saturated carbocycles. The highest BCUT2D eigenvalue weighted by Gasteiger charge is 2.37. The Hall–Kier alpha value is -2.15. The van der Waals surface area contributed by atoms with Gasteiger partial charge in [-0.05, 0) is 42.8 Å². The zero-order valence-corrected chi connectivity index (χ0v) is 13.2. The Balaban J connectivity index is 1.93. The molecule has 0 unspecified atom stereocenters. The second kappa shape index (κ2) is 5.92. The third-order valence-electron chi connectivity index (χ3n) is 3.63. The first-order valence-electron chi connectivity index (χ1n) is 7.17. The zero-order chi connectivity index (χ0) is 15.7. The van der Waals surface area contributed by atoms with Crippen molar-refractivity contribution in [3.63, 3.8) is 0 Å². The lowest BCUT2D eigenvalue weighted by Gasteiger charge is -2.19. The largest absolute Gasteiger partial charge is 0.465 e. The Morgan fingerprint density at radius 2 is 2.23 bits per heavy atom. The second-order valence-corrected chi connectivity index (χ2v) is 5.97. The number of fused-ring (bicyclic) bond motifs is 1. The maximum atomic E-state index is 12.2. The highest BCUT2D eigenvalue weighted by Crippen LogP contribution is 2.32. The van der Waals surface area contributed by atoms with Crippen molar-refractivity contribution in [3.05, 3.63) is 29.7 Å². The van der Waals surface area contributed by atoms with Crippen LogP contribution in [0.15, 0.2) is 38.5 Å². The summed E-state index contributed by atoms with van der Waals surface area (Å²) in [5.41, 5.74) is 0.189. The van der Waals surface area contributed by atoms with E-state index in [1.807, 2.05) is 0 Å². The lowest BCUT2D eigenvalue weighted by molar-refractivity contribution is -0.114. The summed E-state index contributed by atoms with van der Waals surface area (Å²) in [4.78, 5) is 16.2. The summed E-state index contributed by atoms with van der Waals surface area (Å²) in [6, 6.07) is 3.46. The molecule has 0 fully saturated rings. The Morgan fingerprint density at radius 1 is 1.45 bits per heavy atom. The summed E-state index contributed by atoms with van der Waals surface area (Å²) in [5.74, 6) is 0.461. The standard InChI is InChI=1S/C15H16N4O2S/c1-3-9(4-2)14-18-19-12(16)11(8-10-6-5-7-21-10)13(20)17-15(19)22-14/h5-9,16H,3-4H2,1-2H3. The van der Waals surface area contributed by atoms with Crippen molar-refractivity contribution in [1.82, 2.24) is 5.01 Å². The Bertz CT molecular complexity index is 699. The van der Waals surface area contributed by atoms with Gasteiger partial charge in [-0.25, -0.2) is 0 Å². The summed E-state index contributed by atoms with van der Waals surface area (Å²) in [6.07, 6.45) is 4.99. The number of carbonyl (C=O) groups excluding carboxylic acids is 1. The van der Waals surface area contributed by atoms with Crippen molar-refractivity contribution < 1.29 is 9.21 Å². The third-order valence-corrected chi connectivity index (χ3v) is 4.71. The van der Waals surface area contributed by atoms with E-state index in [1.165, 1.54) is 29.1 Å². The lowest BCUT2D eigenvalue weighted by Crippen LogP contribution is -2.35. The van der Waals surface area contributed by atoms with Gasteiger partial charge in [0.15, 0.2) is 5.84 Å². The molecule has 0 spiro atoms. The second-order valence-electron chi connectivity index (χ2n) is 4.99. The molecule has 0 bridgehead atoms. The molecule has 6 nitrogen and oxygen atoms in total. The number of hydrogen-bond donors (Lipinski definition) is 1. The quantitative estimate of drug-likeness (QED) is 0.864. The third kappa shape index (κ3) is 2.52. The summed E-state index contributed by atoms with van der Waals surface area (Å²) < 4.78 is 5.21. The summed E-state index contributed by atoms with van der Waals surface area (Å²) in [5, 5.41) is 15.5. The molecule has 0 aromatic carbocycles. The van der Waals surface area contributed by atoms with Crippen molar-refractivity contribution >= 4 is 39.8 Å². The van der Waals surface area contributed by atoms with E-state index in [9.17, 15) is 4.79 Å². The molecule has 2 aliphatic rings. The number of aliphatic imine (C=N–C) groups is 1. The fourth-order valence-corrected chi connectivity index (χ4v) is 3.48. The number of hydrogen-bond acceptors (Lipinski definition) is 5. The van der Waals surface area contributed by atoms with Gasteiger partial charge in [0.1, 0.15) is 10.8 Å². The van der Waals surface area contributed by atoms with Crippen molar-refractivity contribution in [2.24, 2.45) is 16.0 Å². The fraction of sp³-hybridized carbons (Fsp3) is 0.333. The first-order valence-corrected chi connectivity index (χ1v) is 7.99. The minimum absolute atomic E-state index is 0.0415. The van der Waals surface area contributed by atoms with Crippen LogP contribution in [0.5, 0.6) is 0 Å². The van der Waals surface area contributed by atoms with E-state index in [0.717, 1.165) is 17.9 Å². The van der Waals surface area contributed by atoms with Gasteiger partial charge < -0.3 is 4.42 Å². The average Bonchev–Trinajstić information content (AvgIpc) is 3.14. The van der Waals surface area contributed by atoms with E-state index in [4.69, 9.17) is 9.83 Å². The number of furan rings is 1. The molecule has 2 aliphatic heterocycles. The first kappa shape index (κ1) is 14.8. The predicted molar refractivity (Wildman–Crippen MR) is 87.8 cm³/mol. The van der Waals surface area contributed by atoms with Gasteiger partial charge in [0.2, 0.25) is 5.17 Å². The van der Waals surface area contributed by atoms with E-state index >= 15 is 0 Å². The minimum Gasteiger partial charge on any atom is -0.465 e. The van der Waals surface area contributed by atoms with E-state index < -0.39 is 5.91 Å². The molecule has 1 aromatic rings. The molecule has 0 atom stereocenters. The van der Waals surface area contributed by atoms with Crippen molar-refractivity contribution in [2.45, 2.75) is 26.7 Å². The lowest BCUT2D eigenvalue weighted by atomic mass is 10.1. The molecule has 3 heterocycles. The van der Waals surface area contributed by atoms with Crippen LogP contribution in [-0.4, -0.2) is 27.0 Å². The molecule has 22 heavy (non-hydrogen) atoms. The monoisotopic (exact) mass is 316 g/mol. The molecule has 114 valence electrons. The summed E-state index contributed by atoms with van der Waals surface area (Å²) in [6.45, 7) is 4.21. The topological polar surface area (TPSA) is 82.0 Å². The number of rotatable bonds is 4. The fourth-order valence-electron chi connectivity index (χ4n) is 2.33. The number of thioether (sulfide) groups is 1. The van der Waals surface area contributed by atoms with Crippen LogP contribution in [0.1, 0.15) is 32.4 Å². The van der Waals surface area contributed by atoms with Gasteiger partial charge in [0.05, 0.1) is 11.8 Å². The van der Waals surface area contributed by atoms with E-state index in [2.05, 4.69) is 23.9 Å². The van der Waals surface area contributed by atoms with Crippen molar-refractivity contribution in [3.8, 4) is 0 Å². The molecule has 7 heteroatoms. The van der Waals surface area contributed by atoms with Crippen LogP contribution in [0.3, 0.4) is 0 Å². The first-order chi connectivity index (χ1) is 10.6. The number of amides is 1. The van der Waals surface area contributed by atoms with Gasteiger partial charge in [-0.2, -0.15) is 15.1 Å². The SMILES string of the molecule is CCC(CC)C1=NN2C(=N)C(=Cc3ccco3)C(=O)N=C2S1. The molecule has 0 radical (unpaired) electrons. The maximum Gasteiger partial charge on any atom is 0.283 e. The number of hydrazone groups is 1. The predicted octanol–water partition coefficient (Wildman–Crippen LogP) is 3.33. The number of nitrogens with one attached hydrogen (secondary N) is 1. The van der Waals surface area contributed by atoms with Crippen LogP contribution >= 0.6 is 11.8 Å². The smallest absolute Gasteiger partial charge is 0.283 e. The molecular weight excluding hydrogens is 300 g/mol. The van der Waals surface area contributed by atoms with Gasteiger partial charge in [-0.1, -0.05) is 13.8 Å². The Kier molecular flexibility index (Phi) is 3.98. The van der Waals surface area contributed by atoms with Crippen LogP contribution in [0.25, 0.3) is 6.08 Å². The molecular formula is C15H16N4O2S. The van der Waals surface area contributed by atoms with Gasteiger partial charge >= 0.3 is 0 Å². The van der Waals surface area contributed by atoms with E-state index in [1.54, 1.807) is 12.1 Å². The average molecular weight is 316 g/mol. The Labute approximate surface area is 132 Å². The summed E-state index contributed by atoms with van der Waals surface area (Å²) >= 11 is 1.38. The van der Waals surface area contributed by atoms with Crippen LogP contribution in [0.2, 0.25) is 0 Å². The molecule has 3 rings (SSSR count). The zero-order valence-electron chi connectivity index (χ0n) is 12.4. The molecule has 0 saturated heterocycles. The molecule has 1 aromatic heterocycles. The normalized spacial score (nSPS) is 19.8. The minimum atomic E-state index is -0.429. The van der Waals surface area contributed by atoms with Crippen molar-refractivity contribution in [2.75, 3.05) is 0 Å².